The highest BCUT2D eigenvalue weighted by molar-refractivity contribution is 5.95. The van der Waals surface area contributed by atoms with E-state index < -0.39 is 0 Å². The summed E-state index contributed by atoms with van der Waals surface area (Å²) in [6.45, 7) is 7.76. The van der Waals surface area contributed by atoms with Gasteiger partial charge in [0.15, 0.2) is 5.96 Å². The Morgan fingerprint density at radius 1 is 1.09 bits per heavy atom. The van der Waals surface area contributed by atoms with E-state index in [2.05, 4.69) is 63.5 Å². The molecule has 1 aliphatic rings. The summed E-state index contributed by atoms with van der Waals surface area (Å²) < 4.78 is 2.14. The standard InChI is InChI=1S/C26H32N6O/c1-3-27-26(29-17-21-9-11-24(12-10-21)32-14-5-8-25(32)33)30-18-22-6-4-7-23(16-22)19-31-15-13-28-20(31)2/h4,6-7,9-13,15-16H,3,5,8,14,17-19H2,1-2H3,(H2,27,29,30). The minimum absolute atomic E-state index is 0.215. The van der Waals surface area contributed by atoms with Gasteiger partial charge in [-0.15, -0.1) is 0 Å². The molecule has 2 N–H and O–H groups in total. The summed E-state index contributed by atoms with van der Waals surface area (Å²) in [5.74, 6) is 2.01. The molecule has 2 heterocycles. The number of hydrogen-bond donors (Lipinski definition) is 2. The number of nitrogens with zero attached hydrogens (tertiary/aromatic N) is 4. The highest BCUT2D eigenvalue weighted by Gasteiger charge is 2.21. The fourth-order valence-electron chi connectivity index (χ4n) is 4.01. The van der Waals surface area contributed by atoms with E-state index in [0.29, 0.717) is 19.5 Å². The molecule has 0 radical (unpaired) electrons. The molecule has 0 saturated carbocycles. The van der Waals surface area contributed by atoms with Gasteiger partial charge in [0.2, 0.25) is 5.91 Å². The van der Waals surface area contributed by atoms with Gasteiger partial charge in [0.1, 0.15) is 5.82 Å². The zero-order valence-electron chi connectivity index (χ0n) is 19.4. The van der Waals surface area contributed by atoms with Gasteiger partial charge in [0.05, 0.1) is 6.54 Å². The van der Waals surface area contributed by atoms with Crippen LogP contribution in [-0.2, 0) is 24.4 Å². The largest absolute Gasteiger partial charge is 0.357 e. The van der Waals surface area contributed by atoms with Crippen LogP contribution in [0.2, 0.25) is 0 Å². The second-order valence-electron chi connectivity index (χ2n) is 8.29. The van der Waals surface area contributed by atoms with Gasteiger partial charge in [-0.2, -0.15) is 0 Å². The van der Waals surface area contributed by atoms with Crippen molar-refractivity contribution in [3.8, 4) is 0 Å². The molecule has 0 spiro atoms. The Bertz CT molecular complexity index is 1100. The first kappa shape index (κ1) is 22.6. The number of nitrogens with one attached hydrogen (secondary N) is 2. The monoisotopic (exact) mass is 444 g/mol. The minimum Gasteiger partial charge on any atom is -0.357 e. The second-order valence-corrected chi connectivity index (χ2v) is 8.29. The number of guanidine groups is 1. The molecule has 2 aromatic carbocycles. The molecule has 7 nitrogen and oxygen atoms in total. The van der Waals surface area contributed by atoms with Crippen LogP contribution in [0.1, 0.15) is 42.3 Å². The lowest BCUT2D eigenvalue weighted by atomic mass is 10.1. The van der Waals surface area contributed by atoms with Crippen molar-refractivity contribution in [1.29, 1.82) is 0 Å². The first-order valence-corrected chi connectivity index (χ1v) is 11.6. The van der Waals surface area contributed by atoms with Crippen molar-refractivity contribution in [2.45, 2.75) is 46.3 Å². The summed E-state index contributed by atoms with van der Waals surface area (Å²) in [6, 6.07) is 16.7. The molecule has 0 unspecified atom stereocenters. The third-order valence-corrected chi connectivity index (χ3v) is 5.81. The first-order valence-electron chi connectivity index (χ1n) is 11.6. The summed E-state index contributed by atoms with van der Waals surface area (Å²) in [5, 5.41) is 6.73. The lowest BCUT2D eigenvalue weighted by Gasteiger charge is -2.16. The molecule has 0 aliphatic carbocycles. The van der Waals surface area contributed by atoms with Gasteiger partial charge < -0.3 is 20.1 Å². The summed E-state index contributed by atoms with van der Waals surface area (Å²) in [4.78, 5) is 22.9. The molecule has 0 bridgehead atoms. The molecule has 1 fully saturated rings. The zero-order chi connectivity index (χ0) is 23.0. The maximum Gasteiger partial charge on any atom is 0.227 e. The third kappa shape index (κ3) is 6.00. The summed E-state index contributed by atoms with van der Waals surface area (Å²) in [5.41, 5.74) is 4.53. The predicted molar refractivity (Wildman–Crippen MR) is 132 cm³/mol. The van der Waals surface area contributed by atoms with E-state index in [-0.39, 0.29) is 5.91 Å². The quantitative estimate of drug-likeness (QED) is 0.411. The van der Waals surface area contributed by atoms with E-state index >= 15 is 0 Å². The lowest BCUT2D eigenvalue weighted by molar-refractivity contribution is -0.117. The Balaban J connectivity index is 1.35. The smallest absolute Gasteiger partial charge is 0.227 e. The number of aliphatic imine (C=N–C) groups is 1. The van der Waals surface area contributed by atoms with Crippen LogP contribution in [0.4, 0.5) is 5.69 Å². The molecule has 1 aromatic heterocycles. The molecule has 1 saturated heterocycles. The van der Waals surface area contributed by atoms with E-state index in [1.54, 1.807) is 0 Å². The Kier molecular flexibility index (Phi) is 7.40. The molecule has 33 heavy (non-hydrogen) atoms. The van der Waals surface area contributed by atoms with Crippen molar-refractivity contribution in [3.05, 3.63) is 83.4 Å². The fourth-order valence-corrected chi connectivity index (χ4v) is 4.01. The maximum absolute atomic E-state index is 11.9. The van der Waals surface area contributed by atoms with Crippen molar-refractivity contribution in [3.63, 3.8) is 0 Å². The molecule has 1 aliphatic heterocycles. The second kappa shape index (κ2) is 10.8. The van der Waals surface area contributed by atoms with Crippen LogP contribution in [0.5, 0.6) is 0 Å². The van der Waals surface area contributed by atoms with Crippen LogP contribution >= 0.6 is 0 Å². The number of rotatable bonds is 8. The molecule has 172 valence electrons. The van der Waals surface area contributed by atoms with Crippen LogP contribution < -0.4 is 15.5 Å². The molecular formula is C26H32N6O. The number of benzene rings is 2. The van der Waals surface area contributed by atoms with Crippen molar-refractivity contribution in [1.82, 2.24) is 20.2 Å². The van der Waals surface area contributed by atoms with Gasteiger partial charge in [-0.05, 0) is 49.1 Å². The number of carbonyl (C=O) groups is 1. The van der Waals surface area contributed by atoms with Gasteiger partial charge in [-0.1, -0.05) is 36.4 Å². The van der Waals surface area contributed by atoms with E-state index in [0.717, 1.165) is 49.1 Å². The highest BCUT2D eigenvalue weighted by Crippen LogP contribution is 2.21. The van der Waals surface area contributed by atoms with Crippen LogP contribution in [0.25, 0.3) is 0 Å². The van der Waals surface area contributed by atoms with Crippen molar-refractivity contribution < 1.29 is 4.79 Å². The number of amides is 1. The summed E-state index contributed by atoms with van der Waals surface area (Å²) in [6.07, 6.45) is 5.43. The van der Waals surface area contributed by atoms with Crippen molar-refractivity contribution in [2.75, 3.05) is 18.0 Å². The Morgan fingerprint density at radius 2 is 1.91 bits per heavy atom. The van der Waals surface area contributed by atoms with Crippen molar-refractivity contribution >= 4 is 17.6 Å². The molecule has 4 rings (SSSR count). The Labute approximate surface area is 195 Å². The third-order valence-electron chi connectivity index (χ3n) is 5.81. The molecule has 0 atom stereocenters. The summed E-state index contributed by atoms with van der Waals surface area (Å²) >= 11 is 0. The van der Waals surface area contributed by atoms with E-state index in [4.69, 9.17) is 4.99 Å². The predicted octanol–water partition coefficient (Wildman–Crippen LogP) is 3.62. The van der Waals surface area contributed by atoms with Gasteiger partial charge in [-0.25, -0.2) is 9.98 Å². The van der Waals surface area contributed by atoms with Crippen LogP contribution in [0.3, 0.4) is 0 Å². The molecular weight excluding hydrogens is 412 g/mol. The molecule has 3 aromatic rings. The van der Waals surface area contributed by atoms with Gasteiger partial charge in [0, 0.05) is 50.7 Å². The van der Waals surface area contributed by atoms with Gasteiger partial charge in [0.25, 0.3) is 0 Å². The normalized spacial score (nSPS) is 14.1. The minimum atomic E-state index is 0.215. The molecule has 1 amide bonds. The molecule has 7 heteroatoms. The number of anilines is 1. The topological polar surface area (TPSA) is 74.6 Å². The average molecular weight is 445 g/mol. The van der Waals surface area contributed by atoms with Crippen LogP contribution in [0, 0.1) is 6.92 Å². The average Bonchev–Trinajstić information content (AvgIpc) is 3.44. The summed E-state index contributed by atoms with van der Waals surface area (Å²) in [7, 11) is 0. The van der Waals surface area contributed by atoms with E-state index in [1.807, 2.05) is 36.4 Å². The highest BCUT2D eigenvalue weighted by atomic mass is 16.2. The van der Waals surface area contributed by atoms with Gasteiger partial charge >= 0.3 is 0 Å². The van der Waals surface area contributed by atoms with E-state index in [9.17, 15) is 4.79 Å². The lowest BCUT2D eigenvalue weighted by Crippen LogP contribution is -2.36. The number of imidazole rings is 1. The number of hydrogen-bond acceptors (Lipinski definition) is 3. The van der Waals surface area contributed by atoms with E-state index in [1.165, 1.54) is 11.1 Å². The van der Waals surface area contributed by atoms with Gasteiger partial charge in [-0.3, -0.25) is 4.79 Å². The SMILES string of the molecule is CCNC(=NCc1cccc(Cn2ccnc2C)c1)NCc1ccc(N2CCCC2=O)cc1. The number of aryl methyl sites for hydroxylation is 1. The number of aromatic nitrogens is 2. The van der Waals surface area contributed by atoms with Crippen LogP contribution in [0.15, 0.2) is 65.9 Å². The number of carbonyl (C=O) groups excluding carboxylic acids is 1. The fraction of sp³-hybridized carbons (Fsp3) is 0.346. The Hall–Kier alpha value is -3.61. The zero-order valence-corrected chi connectivity index (χ0v) is 19.4. The van der Waals surface area contributed by atoms with Crippen LogP contribution in [-0.4, -0.2) is 34.5 Å². The van der Waals surface area contributed by atoms with Crippen molar-refractivity contribution in [2.24, 2.45) is 4.99 Å². The maximum atomic E-state index is 11.9. The first-order chi connectivity index (χ1) is 16.1. The Morgan fingerprint density at radius 3 is 2.61 bits per heavy atom.